The Balaban J connectivity index is 2.30. The van der Waals surface area contributed by atoms with E-state index < -0.39 is 11.7 Å². The fourth-order valence-electron chi connectivity index (χ4n) is 1.63. The third kappa shape index (κ3) is 3.00. The summed E-state index contributed by atoms with van der Waals surface area (Å²) in [6.07, 6.45) is 0. The molecule has 2 rings (SSSR count). The number of nitrogen functional groups attached to an aromatic ring is 1. The molecule has 1 amide bonds. The summed E-state index contributed by atoms with van der Waals surface area (Å²) < 4.78 is 18.6. The van der Waals surface area contributed by atoms with Gasteiger partial charge in [0.2, 0.25) is 0 Å². The lowest BCUT2D eigenvalue weighted by molar-refractivity contribution is 0.102. The van der Waals surface area contributed by atoms with Crippen LogP contribution < -0.4 is 15.8 Å². The number of hydrogen-bond donors (Lipinski definition) is 2. The minimum atomic E-state index is -0.657. The molecular formula is C14H12ClFN2O2. The van der Waals surface area contributed by atoms with Gasteiger partial charge in [-0.3, -0.25) is 4.79 Å². The average molecular weight is 295 g/mol. The van der Waals surface area contributed by atoms with Crippen molar-refractivity contribution < 1.29 is 13.9 Å². The van der Waals surface area contributed by atoms with Crippen LogP contribution in [0, 0.1) is 5.82 Å². The highest BCUT2D eigenvalue weighted by atomic mass is 35.5. The molecule has 0 heterocycles. The Morgan fingerprint density at radius 3 is 2.75 bits per heavy atom. The van der Waals surface area contributed by atoms with Gasteiger partial charge in [-0.2, -0.15) is 0 Å². The van der Waals surface area contributed by atoms with Gasteiger partial charge in [-0.05, 0) is 30.3 Å². The van der Waals surface area contributed by atoms with Gasteiger partial charge in [-0.15, -0.1) is 0 Å². The topological polar surface area (TPSA) is 64.3 Å². The van der Waals surface area contributed by atoms with Crippen LogP contribution in [0.4, 0.5) is 15.8 Å². The first-order valence-electron chi connectivity index (χ1n) is 5.71. The van der Waals surface area contributed by atoms with Crippen molar-refractivity contribution in [3.05, 3.63) is 52.8 Å². The molecule has 0 radical (unpaired) electrons. The number of nitrogens with one attached hydrogen (secondary N) is 1. The van der Waals surface area contributed by atoms with Crippen molar-refractivity contribution in [1.29, 1.82) is 0 Å². The first-order chi connectivity index (χ1) is 9.51. The standard InChI is InChI=1S/C14H12ClFN2O2/c1-20-9-3-4-11(15)13(7-9)18-14(19)10-6-8(17)2-5-12(10)16/h2-7H,17H2,1H3,(H,18,19). The molecule has 4 nitrogen and oxygen atoms in total. The molecule has 20 heavy (non-hydrogen) atoms. The first kappa shape index (κ1) is 14.1. The number of carbonyl (C=O) groups is 1. The lowest BCUT2D eigenvalue weighted by Gasteiger charge is -2.10. The zero-order valence-corrected chi connectivity index (χ0v) is 11.4. The summed E-state index contributed by atoms with van der Waals surface area (Å²) in [5, 5.41) is 2.85. The Hall–Kier alpha value is -2.27. The first-order valence-corrected chi connectivity index (χ1v) is 6.09. The van der Waals surface area contributed by atoms with Gasteiger partial charge in [0.1, 0.15) is 11.6 Å². The van der Waals surface area contributed by atoms with Crippen LogP contribution >= 0.6 is 11.6 Å². The second-order valence-electron chi connectivity index (χ2n) is 4.04. The number of rotatable bonds is 3. The summed E-state index contributed by atoms with van der Waals surface area (Å²) in [5.74, 6) is -0.765. The van der Waals surface area contributed by atoms with Crippen LogP contribution in [0.1, 0.15) is 10.4 Å². The van der Waals surface area contributed by atoms with E-state index in [1.165, 1.54) is 19.2 Å². The lowest BCUT2D eigenvalue weighted by atomic mass is 10.1. The second-order valence-corrected chi connectivity index (χ2v) is 4.45. The Kier molecular flexibility index (Phi) is 4.10. The van der Waals surface area contributed by atoms with Crippen LogP contribution in [-0.2, 0) is 0 Å². The number of nitrogens with two attached hydrogens (primary N) is 1. The summed E-state index contributed by atoms with van der Waals surface area (Å²) >= 11 is 5.97. The van der Waals surface area contributed by atoms with Crippen molar-refractivity contribution in [3.8, 4) is 5.75 Å². The average Bonchev–Trinajstić information content (AvgIpc) is 2.43. The molecule has 3 N–H and O–H groups in total. The quantitative estimate of drug-likeness (QED) is 0.854. The van der Waals surface area contributed by atoms with E-state index in [-0.39, 0.29) is 5.56 Å². The molecule has 6 heteroatoms. The van der Waals surface area contributed by atoms with Crippen LogP contribution in [0.2, 0.25) is 5.02 Å². The van der Waals surface area contributed by atoms with Gasteiger partial charge >= 0.3 is 0 Å². The molecule has 0 saturated heterocycles. The largest absolute Gasteiger partial charge is 0.497 e. The minimum absolute atomic E-state index is 0.149. The van der Waals surface area contributed by atoms with Gasteiger partial charge in [0.05, 0.1) is 23.4 Å². The number of amides is 1. The second kappa shape index (κ2) is 5.79. The highest BCUT2D eigenvalue weighted by molar-refractivity contribution is 6.34. The van der Waals surface area contributed by atoms with E-state index in [4.69, 9.17) is 22.1 Å². The normalized spacial score (nSPS) is 10.2. The minimum Gasteiger partial charge on any atom is -0.497 e. The van der Waals surface area contributed by atoms with Gasteiger partial charge in [0, 0.05) is 11.8 Å². The van der Waals surface area contributed by atoms with Crippen LogP contribution in [0.3, 0.4) is 0 Å². The zero-order valence-electron chi connectivity index (χ0n) is 10.6. The van der Waals surface area contributed by atoms with Crippen LogP contribution in [0.5, 0.6) is 5.75 Å². The van der Waals surface area contributed by atoms with E-state index in [0.29, 0.717) is 22.1 Å². The number of hydrogen-bond acceptors (Lipinski definition) is 3. The van der Waals surface area contributed by atoms with E-state index in [1.807, 2.05) is 0 Å². The molecule has 0 spiro atoms. The summed E-state index contributed by atoms with van der Waals surface area (Å²) in [6, 6.07) is 8.55. The molecule has 0 saturated carbocycles. The van der Waals surface area contributed by atoms with Crippen LogP contribution in [0.15, 0.2) is 36.4 Å². The Morgan fingerprint density at radius 1 is 1.30 bits per heavy atom. The van der Waals surface area contributed by atoms with E-state index in [9.17, 15) is 9.18 Å². The molecule has 0 aliphatic rings. The molecule has 0 aromatic heterocycles. The Bertz CT molecular complexity index is 662. The van der Waals surface area contributed by atoms with Gasteiger partial charge in [0.25, 0.3) is 5.91 Å². The molecule has 2 aromatic rings. The number of benzene rings is 2. The van der Waals surface area contributed by atoms with Crippen molar-refractivity contribution in [2.45, 2.75) is 0 Å². The highest BCUT2D eigenvalue weighted by Crippen LogP contribution is 2.27. The summed E-state index contributed by atoms with van der Waals surface area (Å²) in [7, 11) is 1.49. The van der Waals surface area contributed by atoms with Crippen molar-refractivity contribution in [2.24, 2.45) is 0 Å². The monoisotopic (exact) mass is 294 g/mol. The maximum Gasteiger partial charge on any atom is 0.258 e. The predicted molar refractivity (Wildman–Crippen MR) is 76.8 cm³/mol. The van der Waals surface area contributed by atoms with Gasteiger partial charge in [-0.1, -0.05) is 11.6 Å². The molecule has 0 unspecified atom stereocenters. The zero-order chi connectivity index (χ0) is 14.7. The molecular weight excluding hydrogens is 283 g/mol. The van der Waals surface area contributed by atoms with Gasteiger partial charge < -0.3 is 15.8 Å². The summed E-state index contributed by atoms with van der Waals surface area (Å²) in [4.78, 5) is 12.0. The number of carbonyl (C=O) groups excluding carboxylic acids is 1. The fourth-order valence-corrected chi connectivity index (χ4v) is 1.80. The fraction of sp³-hybridized carbons (Fsp3) is 0.0714. The Labute approximate surface area is 120 Å². The van der Waals surface area contributed by atoms with E-state index in [0.717, 1.165) is 6.07 Å². The maximum atomic E-state index is 13.6. The third-order valence-electron chi connectivity index (χ3n) is 2.66. The number of ether oxygens (including phenoxy) is 1. The molecule has 0 fully saturated rings. The SMILES string of the molecule is COc1ccc(Cl)c(NC(=O)c2cc(N)ccc2F)c1. The van der Waals surface area contributed by atoms with Crippen molar-refractivity contribution >= 4 is 28.9 Å². The van der Waals surface area contributed by atoms with E-state index in [2.05, 4.69) is 5.32 Å². The molecule has 104 valence electrons. The summed E-state index contributed by atoms with van der Waals surface area (Å²) in [5.41, 5.74) is 6.02. The number of halogens is 2. The Morgan fingerprint density at radius 2 is 2.05 bits per heavy atom. The number of methoxy groups -OCH3 is 1. The van der Waals surface area contributed by atoms with E-state index >= 15 is 0 Å². The maximum absolute atomic E-state index is 13.6. The smallest absolute Gasteiger partial charge is 0.258 e. The number of anilines is 2. The van der Waals surface area contributed by atoms with E-state index in [1.54, 1.807) is 18.2 Å². The van der Waals surface area contributed by atoms with Crippen molar-refractivity contribution in [2.75, 3.05) is 18.2 Å². The van der Waals surface area contributed by atoms with Gasteiger partial charge in [0.15, 0.2) is 0 Å². The molecule has 2 aromatic carbocycles. The van der Waals surface area contributed by atoms with Crippen molar-refractivity contribution in [1.82, 2.24) is 0 Å². The predicted octanol–water partition coefficient (Wildman–Crippen LogP) is 3.32. The summed E-state index contributed by atoms with van der Waals surface area (Å²) in [6.45, 7) is 0. The molecule has 0 bridgehead atoms. The molecule has 0 aliphatic heterocycles. The van der Waals surface area contributed by atoms with Crippen LogP contribution in [0.25, 0.3) is 0 Å². The highest BCUT2D eigenvalue weighted by Gasteiger charge is 2.14. The van der Waals surface area contributed by atoms with Crippen molar-refractivity contribution in [3.63, 3.8) is 0 Å². The molecule has 0 aliphatic carbocycles. The van der Waals surface area contributed by atoms with Gasteiger partial charge in [-0.25, -0.2) is 4.39 Å². The van der Waals surface area contributed by atoms with Crippen LogP contribution in [-0.4, -0.2) is 13.0 Å². The molecule has 0 atom stereocenters. The lowest BCUT2D eigenvalue weighted by Crippen LogP contribution is -2.14. The third-order valence-corrected chi connectivity index (χ3v) is 2.99.